The lowest BCUT2D eigenvalue weighted by Gasteiger charge is -2.18. The Hall–Kier alpha value is -1.46. The van der Waals surface area contributed by atoms with Gasteiger partial charge in [-0.05, 0) is 12.1 Å². The lowest BCUT2D eigenvalue weighted by Crippen LogP contribution is -2.26. The first-order chi connectivity index (χ1) is 9.86. The molecule has 0 unspecified atom stereocenters. The molecule has 0 aliphatic heterocycles. The average molecular weight is 324 g/mol. The minimum absolute atomic E-state index is 0.138. The highest BCUT2D eigenvalue weighted by atomic mass is 35.5. The molecule has 0 saturated carbocycles. The average Bonchev–Trinajstić information content (AvgIpc) is 2.90. The second kappa shape index (κ2) is 6.54. The summed E-state index contributed by atoms with van der Waals surface area (Å²) in [7, 11) is 0. The first-order valence-corrected chi connectivity index (χ1v) is 7.96. The van der Waals surface area contributed by atoms with Crippen LogP contribution in [0.15, 0.2) is 23.7 Å². The molecule has 112 valence electrons. The molecule has 0 radical (unpaired) electrons. The number of hydrogen-bond donors (Lipinski definition) is 1. The van der Waals surface area contributed by atoms with Crippen molar-refractivity contribution in [2.45, 2.75) is 32.6 Å². The quantitative estimate of drug-likeness (QED) is 0.877. The molecule has 0 bridgehead atoms. The van der Waals surface area contributed by atoms with Crippen LogP contribution in [0.4, 0.5) is 0 Å². The zero-order valence-electron chi connectivity index (χ0n) is 12.3. The summed E-state index contributed by atoms with van der Waals surface area (Å²) in [5, 5.41) is 6.16. The smallest absolute Gasteiger partial charge is 0.251 e. The standard InChI is InChI=1S/C15H18ClN3OS/c1-15(2,3)11-8-10(9-12(16)19-11)14(20)18-5-4-13-17-6-7-21-13/h6-9H,4-5H2,1-3H3,(H,18,20). The molecule has 2 aromatic heterocycles. The Morgan fingerprint density at radius 3 is 2.76 bits per heavy atom. The largest absolute Gasteiger partial charge is 0.352 e. The summed E-state index contributed by atoms with van der Waals surface area (Å²) >= 11 is 7.60. The van der Waals surface area contributed by atoms with Crippen LogP contribution >= 0.6 is 22.9 Å². The lowest BCUT2D eigenvalue weighted by atomic mass is 9.91. The Morgan fingerprint density at radius 1 is 1.38 bits per heavy atom. The molecule has 0 fully saturated rings. The molecule has 2 rings (SSSR count). The molecular weight excluding hydrogens is 306 g/mol. The number of hydrogen-bond acceptors (Lipinski definition) is 4. The van der Waals surface area contributed by atoms with Crippen LogP contribution in [0, 0.1) is 0 Å². The number of pyridine rings is 1. The molecule has 2 aromatic rings. The van der Waals surface area contributed by atoms with Crippen molar-refractivity contribution in [3.8, 4) is 0 Å². The van der Waals surface area contributed by atoms with Gasteiger partial charge in [0.05, 0.1) is 5.01 Å². The summed E-state index contributed by atoms with van der Waals surface area (Å²) < 4.78 is 0. The van der Waals surface area contributed by atoms with Crippen LogP contribution in [0.1, 0.15) is 41.8 Å². The molecule has 6 heteroatoms. The summed E-state index contributed by atoms with van der Waals surface area (Å²) in [4.78, 5) is 20.7. The van der Waals surface area contributed by atoms with Gasteiger partial charge in [0.15, 0.2) is 0 Å². The Bertz CT molecular complexity index is 620. The number of nitrogens with one attached hydrogen (secondary N) is 1. The third-order valence-electron chi connectivity index (χ3n) is 2.93. The van der Waals surface area contributed by atoms with Gasteiger partial charge in [-0.2, -0.15) is 0 Å². The maximum atomic E-state index is 12.2. The van der Waals surface area contributed by atoms with Gasteiger partial charge in [-0.3, -0.25) is 4.79 Å². The summed E-state index contributed by atoms with van der Waals surface area (Å²) in [6.07, 6.45) is 2.49. The van der Waals surface area contributed by atoms with E-state index in [4.69, 9.17) is 11.6 Å². The zero-order chi connectivity index (χ0) is 15.5. The molecule has 0 atom stereocenters. The van der Waals surface area contributed by atoms with E-state index < -0.39 is 0 Å². The fourth-order valence-electron chi connectivity index (χ4n) is 1.77. The van der Waals surface area contributed by atoms with E-state index in [1.54, 1.807) is 29.7 Å². The molecule has 1 amide bonds. The third-order valence-corrected chi connectivity index (χ3v) is 3.97. The molecule has 21 heavy (non-hydrogen) atoms. The fourth-order valence-corrected chi connectivity index (χ4v) is 2.60. The number of thiazole rings is 1. The van der Waals surface area contributed by atoms with Crippen molar-refractivity contribution in [2.75, 3.05) is 6.54 Å². The van der Waals surface area contributed by atoms with Crippen LogP contribution in [0.5, 0.6) is 0 Å². The van der Waals surface area contributed by atoms with E-state index in [0.29, 0.717) is 17.3 Å². The van der Waals surface area contributed by atoms with E-state index in [-0.39, 0.29) is 11.3 Å². The first-order valence-electron chi connectivity index (χ1n) is 6.71. The maximum absolute atomic E-state index is 12.2. The maximum Gasteiger partial charge on any atom is 0.251 e. The Morgan fingerprint density at radius 2 is 2.14 bits per heavy atom. The van der Waals surface area contributed by atoms with E-state index in [9.17, 15) is 4.79 Å². The number of amides is 1. The molecule has 0 aliphatic rings. The predicted molar refractivity (Wildman–Crippen MR) is 86.1 cm³/mol. The Kier molecular flexibility index (Phi) is 4.96. The van der Waals surface area contributed by atoms with Gasteiger partial charge in [0.2, 0.25) is 0 Å². The second-order valence-corrected chi connectivity index (χ2v) is 7.11. The minimum atomic E-state index is -0.152. The molecule has 0 spiro atoms. The van der Waals surface area contributed by atoms with E-state index in [1.165, 1.54) is 0 Å². The van der Waals surface area contributed by atoms with Gasteiger partial charge < -0.3 is 5.32 Å². The number of carbonyl (C=O) groups is 1. The van der Waals surface area contributed by atoms with Crippen molar-refractivity contribution in [2.24, 2.45) is 0 Å². The SMILES string of the molecule is CC(C)(C)c1cc(C(=O)NCCc2nccs2)cc(Cl)n1. The van der Waals surface area contributed by atoms with Crippen LogP contribution in [0.3, 0.4) is 0 Å². The number of carbonyl (C=O) groups excluding carboxylic acids is 1. The molecular formula is C15H18ClN3OS. The monoisotopic (exact) mass is 323 g/mol. The van der Waals surface area contributed by atoms with Gasteiger partial charge in [-0.1, -0.05) is 32.4 Å². The van der Waals surface area contributed by atoms with Crippen molar-refractivity contribution in [3.05, 3.63) is 45.1 Å². The van der Waals surface area contributed by atoms with Crippen molar-refractivity contribution in [1.29, 1.82) is 0 Å². The number of rotatable bonds is 4. The van der Waals surface area contributed by atoms with E-state index in [1.807, 2.05) is 26.2 Å². The molecule has 1 N–H and O–H groups in total. The molecule has 0 aromatic carbocycles. The minimum Gasteiger partial charge on any atom is -0.352 e. The van der Waals surface area contributed by atoms with Crippen molar-refractivity contribution < 1.29 is 4.79 Å². The van der Waals surface area contributed by atoms with Gasteiger partial charge >= 0.3 is 0 Å². The van der Waals surface area contributed by atoms with Crippen LogP contribution in [-0.4, -0.2) is 22.4 Å². The highest BCUT2D eigenvalue weighted by Crippen LogP contribution is 2.23. The van der Waals surface area contributed by atoms with Gasteiger partial charge in [0, 0.05) is 41.2 Å². The second-order valence-electron chi connectivity index (χ2n) is 5.75. The van der Waals surface area contributed by atoms with Crippen LogP contribution < -0.4 is 5.32 Å². The van der Waals surface area contributed by atoms with Crippen molar-refractivity contribution >= 4 is 28.8 Å². The van der Waals surface area contributed by atoms with E-state index in [0.717, 1.165) is 17.1 Å². The van der Waals surface area contributed by atoms with Crippen molar-refractivity contribution in [1.82, 2.24) is 15.3 Å². The highest BCUT2D eigenvalue weighted by Gasteiger charge is 2.18. The van der Waals surface area contributed by atoms with Crippen LogP contribution in [0.2, 0.25) is 5.15 Å². The summed E-state index contributed by atoms with van der Waals surface area (Å²) in [6.45, 7) is 6.67. The molecule has 2 heterocycles. The molecule has 4 nitrogen and oxygen atoms in total. The Balaban J connectivity index is 2.03. The third kappa shape index (κ3) is 4.51. The topological polar surface area (TPSA) is 54.9 Å². The van der Waals surface area contributed by atoms with Gasteiger partial charge in [0.25, 0.3) is 5.91 Å². The van der Waals surface area contributed by atoms with E-state index in [2.05, 4.69) is 15.3 Å². The first kappa shape index (κ1) is 15.9. The van der Waals surface area contributed by atoms with Gasteiger partial charge in [-0.25, -0.2) is 9.97 Å². The normalized spacial score (nSPS) is 11.4. The predicted octanol–water partition coefficient (Wildman–Crippen LogP) is 3.46. The van der Waals surface area contributed by atoms with Gasteiger partial charge in [0.1, 0.15) is 5.15 Å². The number of halogens is 1. The highest BCUT2D eigenvalue weighted by molar-refractivity contribution is 7.09. The number of aromatic nitrogens is 2. The summed E-state index contributed by atoms with van der Waals surface area (Å²) in [5.41, 5.74) is 1.19. The van der Waals surface area contributed by atoms with E-state index >= 15 is 0 Å². The zero-order valence-corrected chi connectivity index (χ0v) is 13.9. The Labute approximate surface area is 133 Å². The molecule has 0 aliphatic carbocycles. The lowest BCUT2D eigenvalue weighted by molar-refractivity contribution is 0.0954. The number of nitrogens with zero attached hydrogens (tertiary/aromatic N) is 2. The van der Waals surface area contributed by atoms with Crippen LogP contribution in [-0.2, 0) is 11.8 Å². The van der Waals surface area contributed by atoms with Crippen LogP contribution in [0.25, 0.3) is 0 Å². The fraction of sp³-hybridized carbons (Fsp3) is 0.400. The van der Waals surface area contributed by atoms with Crippen molar-refractivity contribution in [3.63, 3.8) is 0 Å². The van der Waals surface area contributed by atoms with Gasteiger partial charge in [-0.15, -0.1) is 11.3 Å². The molecule has 0 saturated heterocycles. The summed E-state index contributed by atoms with van der Waals surface area (Å²) in [6, 6.07) is 3.39. The summed E-state index contributed by atoms with van der Waals surface area (Å²) in [5.74, 6) is -0.138.